The van der Waals surface area contributed by atoms with Crippen LogP contribution in [-0.2, 0) is 4.74 Å². The van der Waals surface area contributed by atoms with Gasteiger partial charge in [-0.2, -0.15) is 0 Å². The lowest BCUT2D eigenvalue weighted by Gasteiger charge is -2.11. The molecule has 2 N–H and O–H groups in total. The summed E-state index contributed by atoms with van der Waals surface area (Å²) in [5, 5.41) is 5.66. The van der Waals surface area contributed by atoms with E-state index in [2.05, 4.69) is 10.6 Å². The summed E-state index contributed by atoms with van der Waals surface area (Å²) in [6.45, 7) is 4.46. The summed E-state index contributed by atoms with van der Waals surface area (Å²) in [6.07, 6.45) is 0. The summed E-state index contributed by atoms with van der Waals surface area (Å²) in [5.41, 5.74) is 1.53. The molecule has 0 heterocycles. The molecule has 0 atom stereocenters. The van der Waals surface area contributed by atoms with Crippen molar-refractivity contribution in [2.75, 3.05) is 18.5 Å². The summed E-state index contributed by atoms with van der Waals surface area (Å²) in [4.78, 5) is 23.9. The number of benzene rings is 2. The predicted molar refractivity (Wildman–Crippen MR) is 104 cm³/mol. The van der Waals surface area contributed by atoms with Crippen LogP contribution in [0.15, 0.2) is 48.5 Å². The molecule has 0 spiro atoms. The quantitative estimate of drug-likeness (QED) is 0.598. The molecule has 0 saturated heterocycles. The number of amides is 1. The van der Waals surface area contributed by atoms with E-state index < -0.39 is 0 Å². The van der Waals surface area contributed by atoms with Gasteiger partial charge < -0.3 is 14.8 Å². The van der Waals surface area contributed by atoms with Crippen LogP contribution < -0.4 is 15.4 Å². The second-order valence-corrected chi connectivity index (χ2v) is 5.58. The first kappa shape index (κ1) is 19.4. The Bertz CT molecular complexity index is 790. The van der Waals surface area contributed by atoms with Crippen LogP contribution in [0.3, 0.4) is 0 Å². The number of ether oxygens (including phenoxy) is 2. The van der Waals surface area contributed by atoms with Gasteiger partial charge in [-0.1, -0.05) is 6.07 Å². The topological polar surface area (TPSA) is 76.7 Å². The summed E-state index contributed by atoms with van der Waals surface area (Å²) in [7, 11) is 0. The lowest BCUT2D eigenvalue weighted by atomic mass is 10.2. The monoisotopic (exact) mass is 372 g/mol. The highest BCUT2D eigenvalue weighted by atomic mass is 32.1. The largest absolute Gasteiger partial charge is 0.494 e. The molecule has 1 amide bonds. The highest BCUT2D eigenvalue weighted by Crippen LogP contribution is 2.14. The third kappa shape index (κ3) is 5.56. The molecule has 6 nitrogen and oxygen atoms in total. The molecule has 0 aliphatic heterocycles. The minimum absolute atomic E-state index is 0.153. The lowest BCUT2D eigenvalue weighted by Crippen LogP contribution is -2.34. The van der Waals surface area contributed by atoms with Gasteiger partial charge in [0.1, 0.15) is 5.75 Å². The van der Waals surface area contributed by atoms with E-state index in [0.717, 1.165) is 0 Å². The van der Waals surface area contributed by atoms with Crippen LogP contribution in [0, 0.1) is 0 Å². The SMILES string of the molecule is CCOC(=O)c1ccc(NC(=S)NC(=O)c2cccc(OCC)c2)cc1. The normalized spacial score (nSPS) is 9.92. The van der Waals surface area contributed by atoms with E-state index in [9.17, 15) is 9.59 Å². The number of thiocarbonyl (C=S) groups is 1. The molecule has 0 saturated carbocycles. The van der Waals surface area contributed by atoms with E-state index in [0.29, 0.717) is 35.8 Å². The Morgan fingerprint density at radius 3 is 2.38 bits per heavy atom. The summed E-state index contributed by atoms with van der Waals surface area (Å²) >= 11 is 5.16. The molecule has 26 heavy (non-hydrogen) atoms. The van der Waals surface area contributed by atoms with Crippen LogP contribution in [0.2, 0.25) is 0 Å². The summed E-state index contributed by atoms with van der Waals surface area (Å²) in [5.74, 6) is -0.107. The maximum atomic E-state index is 12.3. The molecular weight excluding hydrogens is 352 g/mol. The van der Waals surface area contributed by atoms with Crippen LogP contribution >= 0.6 is 12.2 Å². The number of anilines is 1. The number of carbonyl (C=O) groups excluding carboxylic acids is 2. The van der Waals surface area contributed by atoms with Gasteiger partial charge in [-0.3, -0.25) is 10.1 Å². The number of hydrogen-bond acceptors (Lipinski definition) is 5. The van der Waals surface area contributed by atoms with E-state index in [1.54, 1.807) is 55.5 Å². The van der Waals surface area contributed by atoms with Crippen molar-refractivity contribution in [1.82, 2.24) is 5.32 Å². The van der Waals surface area contributed by atoms with Gasteiger partial charge in [0, 0.05) is 11.3 Å². The molecule has 0 unspecified atom stereocenters. The number of nitrogens with one attached hydrogen (secondary N) is 2. The average molecular weight is 372 g/mol. The van der Waals surface area contributed by atoms with E-state index in [1.165, 1.54) is 0 Å². The Labute approximate surface area is 157 Å². The molecule has 0 fully saturated rings. The molecule has 136 valence electrons. The van der Waals surface area contributed by atoms with Crippen molar-refractivity contribution >= 4 is 34.9 Å². The third-order valence-electron chi connectivity index (χ3n) is 3.29. The van der Waals surface area contributed by atoms with Gasteiger partial charge in [-0.25, -0.2) is 4.79 Å². The molecule has 0 aliphatic carbocycles. The maximum Gasteiger partial charge on any atom is 0.338 e. The van der Waals surface area contributed by atoms with Crippen molar-refractivity contribution < 1.29 is 19.1 Å². The second kappa shape index (κ2) is 9.53. The fourth-order valence-electron chi connectivity index (χ4n) is 2.14. The van der Waals surface area contributed by atoms with Gasteiger partial charge >= 0.3 is 5.97 Å². The predicted octanol–water partition coefficient (Wildman–Crippen LogP) is 3.39. The Balaban J connectivity index is 1.94. The zero-order valence-corrected chi connectivity index (χ0v) is 15.4. The molecule has 0 aromatic heterocycles. The molecule has 7 heteroatoms. The Morgan fingerprint density at radius 1 is 1.00 bits per heavy atom. The summed E-state index contributed by atoms with van der Waals surface area (Å²) in [6, 6.07) is 13.4. The fraction of sp³-hybridized carbons (Fsp3) is 0.211. The highest BCUT2D eigenvalue weighted by Gasteiger charge is 2.10. The molecule has 0 radical (unpaired) electrons. The first-order valence-corrected chi connectivity index (χ1v) is 8.56. The van der Waals surface area contributed by atoms with Gasteiger partial charge in [-0.15, -0.1) is 0 Å². The van der Waals surface area contributed by atoms with Crippen LogP contribution in [0.25, 0.3) is 0 Å². The van der Waals surface area contributed by atoms with Crippen molar-refractivity contribution in [3.05, 3.63) is 59.7 Å². The number of carbonyl (C=O) groups is 2. The van der Waals surface area contributed by atoms with E-state index in [1.807, 2.05) is 6.92 Å². The Kier molecular flexibility index (Phi) is 7.11. The van der Waals surface area contributed by atoms with Crippen LogP contribution in [0.5, 0.6) is 5.75 Å². The van der Waals surface area contributed by atoms with Crippen molar-refractivity contribution in [2.45, 2.75) is 13.8 Å². The zero-order chi connectivity index (χ0) is 18.9. The zero-order valence-electron chi connectivity index (χ0n) is 14.6. The average Bonchev–Trinajstić information content (AvgIpc) is 2.63. The van der Waals surface area contributed by atoms with Gasteiger partial charge in [-0.05, 0) is 68.5 Å². The van der Waals surface area contributed by atoms with Gasteiger partial charge in [0.2, 0.25) is 0 Å². The standard InChI is InChI=1S/C19H20N2O4S/c1-3-24-16-7-5-6-14(12-16)17(22)21-19(26)20-15-10-8-13(9-11-15)18(23)25-4-2/h5-12H,3-4H2,1-2H3,(H2,20,21,22,26). The Hall–Kier alpha value is -2.93. The van der Waals surface area contributed by atoms with E-state index in [4.69, 9.17) is 21.7 Å². The fourth-order valence-corrected chi connectivity index (χ4v) is 2.35. The molecule has 2 aromatic rings. The second-order valence-electron chi connectivity index (χ2n) is 5.17. The van der Waals surface area contributed by atoms with Gasteiger partial charge in [0.05, 0.1) is 18.8 Å². The number of hydrogen-bond donors (Lipinski definition) is 2. The minimum atomic E-state index is -0.385. The first-order chi connectivity index (χ1) is 12.5. The molecule has 0 aliphatic rings. The van der Waals surface area contributed by atoms with E-state index >= 15 is 0 Å². The lowest BCUT2D eigenvalue weighted by molar-refractivity contribution is 0.0526. The number of rotatable bonds is 6. The minimum Gasteiger partial charge on any atom is -0.494 e. The molecule has 0 bridgehead atoms. The van der Waals surface area contributed by atoms with Crippen molar-refractivity contribution in [2.24, 2.45) is 0 Å². The smallest absolute Gasteiger partial charge is 0.338 e. The van der Waals surface area contributed by atoms with Gasteiger partial charge in [0.15, 0.2) is 5.11 Å². The Morgan fingerprint density at radius 2 is 1.73 bits per heavy atom. The van der Waals surface area contributed by atoms with Crippen LogP contribution in [-0.4, -0.2) is 30.2 Å². The van der Waals surface area contributed by atoms with Crippen molar-refractivity contribution in [3.63, 3.8) is 0 Å². The molecule has 2 rings (SSSR count). The highest BCUT2D eigenvalue weighted by molar-refractivity contribution is 7.80. The van der Waals surface area contributed by atoms with Crippen LogP contribution in [0.4, 0.5) is 5.69 Å². The van der Waals surface area contributed by atoms with Crippen molar-refractivity contribution in [3.8, 4) is 5.75 Å². The van der Waals surface area contributed by atoms with E-state index in [-0.39, 0.29) is 17.0 Å². The van der Waals surface area contributed by atoms with Gasteiger partial charge in [0.25, 0.3) is 5.91 Å². The number of esters is 1. The first-order valence-electron chi connectivity index (χ1n) is 8.15. The molecule has 2 aromatic carbocycles. The van der Waals surface area contributed by atoms with Crippen molar-refractivity contribution in [1.29, 1.82) is 0 Å². The molecular formula is C19H20N2O4S. The van der Waals surface area contributed by atoms with Crippen LogP contribution in [0.1, 0.15) is 34.6 Å². The summed E-state index contributed by atoms with van der Waals surface area (Å²) < 4.78 is 10.3. The maximum absolute atomic E-state index is 12.3. The third-order valence-corrected chi connectivity index (χ3v) is 3.49.